The first-order valence-electron chi connectivity index (χ1n) is 7.08. The summed E-state index contributed by atoms with van der Waals surface area (Å²) in [5.41, 5.74) is 0. The Bertz CT molecular complexity index is 350. The lowest BCUT2D eigenvalue weighted by Crippen LogP contribution is -2.45. The van der Waals surface area contributed by atoms with Gasteiger partial charge in [0.1, 0.15) is 0 Å². The second-order valence-electron chi connectivity index (χ2n) is 5.12. The van der Waals surface area contributed by atoms with Gasteiger partial charge in [0.25, 0.3) is 0 Å². The highest BCUT2D eigenvalue weighted by atomic mass is 16.2. The average Bonchev–Trinajstić information content (AvgIpc) is 2.65. The zero-order chi connectivity index (χ0) is 15.0. The molecule has 1 aliphatic heterocycles. The number of nitrogens with one attached hydrogen (secondary N) is 3. The van der Waals surface area contributed by atoms with Crippen LogP contribution in [-0.4, -0.2) is 61.4 Å². The molecule has 0 atom stereocenters. The lowest BCUT2D eigenvalue weighted by atomic mass is 10.3. The van der Waals surface area contributed by atoms with Gasteiger partial charge in [-0.25, -0.2) is 0 Å². The lowest BCUT2D eigenvalue weighted by Gasteiger charge is -2.19. The van der Waals surface area contributed by atoms with Crippen LogP contribution in [0.3, 0.4) is 0 Å². The highest BCUT2D eigenvalue weighted by molar-refractivity contribution is 6.35. The van der Waals surface area contributed by atoms with Crippen LogP contribution in [0.4, 0.5) is 0 Å². The molecule has 1 rings (SSSR count). The molecule has 1 aliphatic rings. The first kappa shape index (κ1) is 16.4. The predicted octanol–water partition coefficient (Wildman–Crippen LogP) is -1.16. The molecule has 7 nitrogen and oxygen atoms in total. The summed E-state index contributed by atoms with van der Waals surface area (Å²) in [7, 11) is 0. The number of hydrogen-bond donors (Lipinski definition) is 3. The van der Waals surface area contributed by atoms with Gasteiger partial charge < -0.3 is 20.9 Å². The topological polar surface area (TPSA) is 90.5 Å². The zero-order valence-corrected chi connectivity index (χ0v) is 12.2. The molecule has 1 heterocycles. The fraction of sp³-hybridized carbons (Fsp3) is 0.769. The van der Waals surface area contributed by atoms with Crippen LogP contribution in [0, 0.1) is 0 Å². The maximum Gasteiger partial charge on any atom is 0.311 e. The third-order valence-electron chi connectivity index (χ3n) is 2.91. The number of carbonyl (C=O) groups is 3. The maximum atomic E-state index is 11.9. The minimum Gasteiger partial charge on any atom is -0.354 e. The Morgan fingerprint density at radius 2 is 1.95 bits per heavy atom. The second kappa shape index (κ2) is 8.52. The van der Waals surface area contributed by atoms with Crippen molar-refractivity contribution in [2.45, 2.75) is 32.7 Å². The van der Waals surface area contributed by atoms with Gasteiger partial charge in [-0.15, -0.1) is 0 Å². The van der Waals surface area contributed by atoms with Crippen molar-refractivity contribution >= 4 is 17.7 Å². The highest BCUT2D eigenvalue weighted by Crippen LogP contribution is 1.96. The Hall–Kier alpha value is -1.63. The van der Waals surface area contributed by atoms with Gasteiger partial charge >= 0.3 is 11.8 Å². The summed E-state index contributed by atoms with van der Waals surface area (Å²) in [6.45, 7) is 6.61. The van der Waals surface area contributed by atoms with E-state index in [4.69, 9.17) is 0 Å². The van der Waals surface area contributed by atoms with Crippen LogP contribution in [0.2, 0.25) is 0 Å². The van der Waals surface area contributed by atoms with E-state index in [0.717, 1.165) is 13.0 Å². The molecule has 1 fully saturated rings. The van der Waals surface area contributed by atoms with E-state index in [1.165, 1.54) is 0 Å². The first-order chi connectivity index (χ1) is 9.50. The van der Waals surface area contributed by atoms with Gasteiger partial charge in [0.05, 0.1) is 0 Å². The van der Waals surface area contributed by atoms with Crippen molar-refractivity contribution in [3.05, 3.63) is 0 Å². The van der Waals surface area contributed by atoms with Crippen molar-refractivity contribution in [3.8, 4) is 0 Å². The molecule has 0 unspecified atom stereocenters. The number of rotatable bonds is 4. The van der Waals surface area contributed by atoms with Gasteiger partial charge in [-0.2, -0.15) is 0 Å². The number of amides is 3. The molecule has 1 saturated heterocycles. The molecule has 0 aromatic rings. The van der Waals surface area contributed by atoms with Crippen LogP contribution in [-0.2, 0) is 14.4 Å². The third-order valence-corrected chi connectivity index (χ3v) is 2.91. The van der Waals surface area contributed by atoms with Gasteiger partial charge in [-0.1, -0.05) is 0 Å². The van der Waals surface area contributed by atoms with E-state index in [1.54, 1.807) is 4.90 Å². The molecule has 0 aliphatic carbocycles. The van der Waals surface area contributed by atoms with E-state index in [1.807, 2.05) is 13.8 Å². The van der Waals surface area contributed by atoms with Crippen LogP contribution in [0.25, 0.3) is 0 Å². The quantitative estimate of drug-likeness (QED) is 0.568. The van der Waals surface area contributed by atoms with E-state index in [2.05, 4.69) is 16.0 Å². The zero-order valence-electron chi connectivity index (χ0n) is 12.2. The van der Waals surface area contributed by atoms with Crippen molar-refractivity contribution in [2.24, 2.45) is 0 Å². The van der Waals surface area contributed by atoms with Crippen molar-refractivity contribution in [1.29, 1.82) is 0 Å². The summed E-state index contributed by atoms with van der Waals surface area (Å²) in [6.07, 6.45) is 1.02. The molecular formula is C13H24N4O3. The van der Waals surface area contributed by atoms with Crippen molar-refractivity contribution in [2.75, 3.05) is 32.7 Å². The standard InChI is InChI=1S/C13H24N4O3/c1-10(2)16-11(18)4-6-15-12(19)13(20)17-8-3-5-14-7-9-17/h10,14H,3-9H2,1-2H3,(H,15,19)(H,16,18). The van der Waals surface area contributed by atoms with Gasteiger partial charge in [-0.3, -0.25) is 14.4 Å². The normalized spacial score (nSPS) is 15.7. The largest absolute Gasteiger partial charge is 0.354 e. The van der Waals surface area contributed by atoms with E-state index in [-0.39, 0.29) is 24.9 Å². The van der Waals surface area contributed by atoms with Crippen LogP contribution in [0.15, 0.2) is 0 Å². The highest BCUT2D eigenvalue weighted by Gasteiger charge is 2.22. The Morgan fingerprint density at radius 3 is 2.65 bits per heavy atom. The van der Waals surface area contributed by atoms with Crippen molar-refractivity contribution in [1.82, 2.24) is 20.9 Å². The molecule has 114 valence electrons. The van der Waals surface area contributed by atoms with Gasteiger partial charge in [-0.05, 0) is 26.8 Å². The average molecular weight is 284 g/mol. The fourth-order valence-corrected chi connectivity index (χ4v) is 1.95. The van der Waals surface area contributed by atoms with Crippen molar-refractivity contribution in [3.63, 3.8) is 0 Å². The monoisotopic (exact) mass is 284 g/mol. The minimum atomic E-state index is -0.635. The summed E-state index contributed by atoms with van der Waals surface area (Å²) < 4.78 is 0. The summed E-state index contributed by atoms with van der Waals surface area (Å²) in [6, 6.07) is 0.0735. The van der Waals surface area contributed by atoms with Crippen LogP contribution < -0.4 is 16.0 Å². The minimum absolute atomic E-state index is 0.0735. The smallest absolute Gasteiger partial charge is 0.311 e. The van der Waals surface area contributed by atoms with Crippen LogP contribution >= 0.6 is 0 Å². The van der Waals surface area contributed by atoms with E-state index in [9.17, 15) is 14.4 Å². The summed E-state index contributed by atoms with van der Waals surface area (Å²) in [5, 5.41) is 8.39. The number of nitrogens with zero attached hydrogens (tertiary/aromatic N) is 1. The van der Waals surface area contributed by atoms with Gasteiger partial charge in [0, 0.05) is 38.6 Å². The predicted molar refractivity (Wildman–Crippen MR) is 75.0 cm³/mol. The van der Waals surface area contributed by atoms with E-state index in [0.29, 0.717) is 19.6 Å². The summed E-state index contributed by atoms with van der Waals surface area (Å²) in [5.74, 6) is -1.28. The molecule has 7 heteroatoms. The lowest BCUT2D eigenvalue weighted by molar-refractivity contribution is -0.145. The Labute approximate surface area is 119 Å². The summed E-state index contributed by atoms with van der Waals surface area (Å²) in [4.78, 5) is 36.5. The number of hydrogen-bond acceptors (Lipinski definition) is 4. The molecule has 3 N–H and O–H groups in total. The molecule has 0 spiro atoms. The number of carbonyl (C=O) groups excluding carboxylic acids is 3. The molecule has 0 radical (unpaired) electrons. The molecule has 0 bridgehead atoms. The maximum absolute atomic E-state index is 11.9. The molecule has 0 aromatic carbocycles. The van der Waals surface area contributed by atoms with Gasteiger partial charge in [0.2, 0.25) is 5.91 Å². The molecule has 20 heavy (non-hydrogen) atoms. The SMILES string of the molecule is CC(C)NC(=O)CCNC(=O)C(=O)N1CCCNCC1. The van der Waals surface area contributed by atoms with Crippen LogP contribution in [0.5, 0.6) is 0 Å². The Kier molecular flexibility index (Phi) is 7.00. The van der Waals surface area contributed by atoms with Gasteiger partial charge in [0.15, 0.2) is 0 Å². The molecule has 0 saturated carbocycles. The Morgan fingerprint density at radius 1 is 1.20 bits per heavy atom. The Balaban J connectivity index is 2.27. The van der Waals surface area contributed by atoms with Crippen molar-refractivity contribution < 1.29 is 14.4 Å². The fourth-order valence-electron chi connectivity index (χ4n) is 1.95. The third kappa shape index (κ3) is 6.01. The second-order valence-corrected chi connectivity index (χ2v) is 5.12. The van der Waals surface area contributed by atoms with E-state index >= 15 is 0 Å². The molecule has 3 amide bonds. The van der Waals surface area contributed by atoms with E-state index < -0.39 is 11.8 Å². The first-order valence-corrected chi connectivity index (χ1v) is 7.08. The molecule has 0 aromatic heterocycles. The molecular weight excluding hydrogens is 260 g/mol. The van der Waals surface area contributed by atoms with Crippen LogP contribution in [0.1, 0.15) is 26.7 Å². The summed E-state index contributed by atoms with van der Waals surface area (Å²) >= 11 is 0.